The average Bonchev–Trinajstić information content (AvgIpc) is 3.08. The van der Waals surface area contributed by atoms with Crippen molar-refractivity contribution in [3.63, 3.8) is 0 Å². The lowest BCUT2D eigenvalue weighted by Gasteiger charge is -2.20. The number of thioether (sulfide) groups is 1. The first-order valence-corrected chi connectivity index (χ1v) is 15.6. The van der Waals surface area contributed by atoms with E-state index < -0.39 is 40.4 Å². The molecule has 5 aromatic rings. The SMILES string of the molecule is O=C(Nc1cccc(SC(C(=O)Nc2ccc(Cl)cc2C(F)(F)F)c2ccccc2)c1)/C(=C/c1cccnc1)NC(=O)c1ccccc1. The Bertz CT molecular complexity index is 1940. The van der Waals surface area contributed by atoms with Gasteiger partial charge in [0.1, 0.15) is 10.9 Å². The number of hydrogen-bond donors (Lipinski definition) is 3. The van der Waals surface area contributed by atoms with Gasteiger partial charge in [0.25, 0.3) is 11.8 Å². The summed E-state index contributed by atoms with van der Waals surface area (Å²) >= 11 is 6.90. The molecule has 0 saturated carbocycles. The number of carbonyl (C=O) groups is 3. The largest absolute Gasteiger partial charge is 0.418 e. The fourth-order valence-corrected chi connectivity index (χ4v) is 5.77. The van der Waals surface area contributed by atoms with Crippen molar-refractivity contribution in [3.8, 4) is 0 Å². The Kier molecular flexibility index (Phi) is 10.9. The summed E-state index contributed by atoms with van der Waals surface area (Å²) in [6.45, 7) is 0. The molecule has 0 aliphatic rings. The summed E-state index contributed by atoms with van der Waals surface area (Å²) < 4.78 is 41.3. The Labute approximate surface area is 283 Å². The molecule has 0 aliphatic heterocycles. The lowest BCUT2D eigenvalue weighted by Crippen LogP contribution is -2.30. The van der Waals surface area contributed by atoms with Gasteiger partial charge < -0.3 is 16.0 Å². The van der Waals surface area contributed by atoms with Crippen LogP contribution in [0.4, 0.5) is 24.5 Å². The van der Waals surface area contributed by atoms with Crippen LogP contribution in [0.15, 0.2) is 138 Å². The molecule has 0 saturated heterocycles. The second-order valence-corrected chi connectivity index (χ2v) is 11.8. The quantitative estimate of drug-likeness (QED) is 0.101. The molecule has 0 spiro atoms. The fourth-order valence-electron chi connectivity index (χ4n) is 4.51. The number of pyridine rings is 1. The van der Waals surface area contributed by atoms with Crippen molar-refractivity contribution in [1.29, 1.82) is 0 Å². The third-order valence-corrected chi connectivity index (χ3v) is 8.24. The molecular formula is C36H26ClF3N4O3S. The molecule has 0 aliphatic carbocycles. The van der Waals surface area contributed by atoms with Crippen LogP contribution >= 0.6 is 23.4 Å². The van der Waals surface area contributed by atoms with Crippen molar-refractivity contribution >= 4 is 58.5 Å². The number of alkyl halides is 3. The maximum atomic E-state index is 13.8. The summed E-state index contributed by atoms with van der Waals surface area (Å²) in [6, 6.07) is 30.2. The van der Waals surface area contributed by atoms with Gasteiger partial charge >= 0.3 is 6.18 Å². The van der Waals surface area contributed by atoms with Gasteiger partial charge in [-0.2, -0.15) is 13.2 Å². The lowest BCUT2D eigenvalue weighted by atomic mass is 10.1. The van der Waals surface area contributed by atoms with Crippen molar-refractivity contribution in [2.75, 3.05) is 10.6 Å². The van der Waals surface area contributed by atoms with E-state index in [-0.39, 0.29) is 10.7 Å². The minimum atomic E-state index is -4.75. The highest BCUT2D eigenvalue weighted by Gasteiger charge is 2.35. The number of nitrogens with zero attached hydrogens (tertiary/aromatic N) is 1. The number of aromatic nitrogens is 1. The summed E-state index contributed by atoms with van der Waals surface area (Å²) in [4.78, 5) is 44.6. The monoisotopic (exact) mass is 686 g/mol. The molecule has 0 radical (unpaired) electrons. The van der Waals surface area contributed by atoms with Gasteiger partial charge in [0.15, 0.2) is 0 Å². The van der Waals surface area contributed by atoms with E-state index in [4.69, 9.17) is 11.6 Å². The van der Waals surface area contributed by atoms with Crippen molar-refractivity contribution in [2.45, 2.75) is 16.3 Å². The summed E-state index contributed by atoms with van der Waals surface area (Å²) in [5, 5.41) is 6.77. The Balaban J connectivity index is 1.39. The van der Waals surface area contributed by atoms with Gasteiger partial charge in [-0.1, -0.05) is 72.3 Å². The predicted octanol–water partition coefficient (Wildman–Crippen LogP) is 8.64. The first kappa shape index (κ1) is 34.0. The Hall–Kier alpha value is -5.39. The van der Waals surface area contributed by atoms with Crippen LogP contribution in [0.2, 0.25) is 5.02 Å². The zero-order valence-electron chi connectivity index (χ0n) is 24.9. The minimum Gasteiger partial charge on any atom is -0.324 e. The van der Waals surface area contributed by atoms with Gasteiger partial charge in [0.05, 0.1) is 11.3 Å². The standard InChI is InChI=1S/C36H26ClF3N4O3S/c37-26-16-17-30(29(20-26)36(38,39)40)43-35(47)32(24-10-3-1-4-11-24)48-28-15-7-14-27(21-28)42-34(46)31(19-23-9-8-18-41-22-23)44-33(45)25-12-5-2-6-13-25/h1-22,32H,(H,42,46)(H,43,47)(H,44,45)/b31-19-. The number of hydrogen-bond acceptors (Lipinski definition) is 5. The molecule has 1 atom stereocenters. The molecule has 3 amide bonds. The third-order valence-electron chi connectivity index (χ3n) is 6.76. The predicted molar refractivity (Wildman–Crippen MR) is 181 cm³/mol. The molecule has 12 heteroatoms. The molecule has 0 fully saturated rings. The van der Waals surface area contributed by atoms with Crippen LogP contribution in [-0.4, -0.2) is 22.7 Å². The highest BCUT2D eigenvalue weighted by Crippen LogP contribution is 2.40. The number of anilines is 2. The molecular weight excluding hydrogens is 661 g/mol. The average molecular weight is 687 g/mol. The first-order valence-electron chi connectivity index (χ1n) is 14.4. The highest BCUT2D eigenvalue weighted by molar-refractivity contribution is 8.00. The lowest BCUT2D eigenvalue weighted by molar-refractivity contribution is -0.137. The van der Waals surface area contributed by atoms with Crippen LogP contribution in [0, 0.1) is 0 Å². The zero-order chi connectivity index (χ0) is 34.1. The van der Waals surface area contributed by atoms with Gasteiger partial charge in [-0.05, 0) is 71.8 Å². The number of nitrogens with one attached hydrogen (secondary N) is 3. The van der Waals surface area contributed by atoms with Gasteiger partial charge in [0, 0.05) is 33.6 Å². The molecule has 0 bridgehead atoms. The molecule has 242 valence electrons. The van der Waals surface area contributed by atoms with Crippen LogP contribution in [0.1, 0.15) is 32.3 Å². The fraction of sp³-hybridized carbons (Fsp3) is 0.0556. The molecule has 1 heterocycles. The number of benzene rings is 4. The van der Waals surface area contributed by atoms with Crippen LogP contribution in [0.25, 0.3) is 6.08 Å². The third kappa shape index (κ3) is 9.11. The normalized spacial score (nSPS) is 12.1. The molecule has 7 nitrogen and oxygen atoms in total. The minimum absolute atomic E-state index is 0.0418. The van der Waals surface area contributed by atoms with E-state index in [2.05, 4.69) is 20.9 Å². The molecule has 1 unspecified atom stereocenters. The number of halogens is 4. The van der Waals surface area contributed by atoms with Crippen molar-refractivity contribution in [1.82, 2.24) is 10.3 Å². The van der Waals surface area contributed by atoms with E-state index >= 15 is 0 Å². The van der Waals surface area contributed by atoms with Crippen molar-refractivity contribution < 1.29 is 27.6 Å². The van der Waals surface area contributed by atoms with Crippen LogP contribution in [0.3, 0.4) is 0 Å². The Morgan fingerprint density at radius 1 is 0.812 bits per heavy atom. The second kappa shape index (κ2) is 15.5. The van der Waals surface area contributed by atoms with Gasteiger partial charge in [-0.25, -0.2) is 0 Å². The Morgan fingerprint density at radius 2 is 1.54 bits per heavy atom. The van der Waals surface area contributed by atoms with Crippen LogP contribution in [0.5, 0.6) is 0 Å². The van der Waals surface area contributed by atoms with E-state index in [9.17, 15) is 27.6 Å². The van der Waals surface area contributed by atoms with Gasteiger partial charge in [0.2, 0.25) is 5.91 Å². The van der Waals surface area contributed by atoms with Crippen LogP contribution < -0.4 is 16.0 Å². The topological polar surface area (TPSA) is 100 Å². The molecule has 48 heavy (non-hydrogen) atoms. The molecule has 5 rings (SSSR count). The summed E-state index contributed by atoms with van der Waals surface area (Å²) in [5.41, 5.74) is 0.283. The van der Waals surface area contributed by atoms with E-state index in [1.807, 2.05) is 0 Å². The second-order valence-electron chi connectivity index (χ2n) is 10.2. The molecule has 3 N–H and O–H groups in total. The van der Waals surface area contributed by atoms with E-state index in [1.54, 1.807) is 103 Å². The molecule has 4 aromatic carbocycles. The zero-order valence-corrected chi connectivity index (χ0v) is 26.4. The smallest absolute Gasteiger partial charge is 0.324 e. The van der Waals surface area contributed by atoms with Crippen LogP contribution in [-0.2, 0) is 15.8 Å². The van der Waals surface area contributed by atoms with Crippen molar-refractivity contribution in [3.05, 3.63) is 161 Å². The molecule has 1 aromatic heterocycles. The maximum Gasteiger partial charge on any atom is 0.418 e. The van der Waals surface area contributed by atoms with Crippen molar-refractivity contribution in [2.24, 2.45) is 0 Å². The summed E-state index contributed by atoms with van der Waals surface area (Å²) in [5.74, 6) is -1.81. The maximum absolute atomic E-state index is 13.8. The number of rotatable bonds is 10. The van der Waals surface area contributed by atoms with E-state index in [0.29, 0.717) is 27.3 Å². The van der Waals surface area contributed by atoms with Gasteiger partial charge in [-0.3, -0.25) is 19.4 Å². The van der Waals surface area contributed by atoms with E-state index in [1.165, 1.54) is 18.3 Å². The first-order chi connectivity index (χ1) is 23.1. The van der Waals surface area contributed by atoms with Gasteiger partial charge in [-0.15, -0.1) is 11.8 Å². The highest BCUT2D eigenvalue weighted by atomic mass is 35.5. The van der Waals surface area contributed by atoms with E-state index in [0.717, 1.165) is 23.9 Å². The Morgan fingerprint density at radius 3 is 2.23 bits per heavy atom. The number of carbonyl (C=O) groups excluding carboxylic acids is 3. The number of amides is 3. The summed E-state index contributed by atoms with van der Waals surface area (Å²) in [7, 11) is 0. The summed E-state index contributed by atoms with van der Waals surface area (Å²) in [6.07, 6.45) is -0.143.